The predicted octanol–water partition coefficient (Wildman–Crippen LogP) is 1.38. The summed E-state index contributed by atoms with van der Waals surface area (Å²) in [5.74, 6) is 0.657. The third kappa shape index (κ3) is 4.44. The molecule has 4 nitrogen and oxygen atoms in total. The second-order valence-corrected chi connectivity index (χ2v) is 7.19. The van der Waals surface area contributed by atoms with Gasteiger partial charge in [0.25, 0.3) is 0 Å². The van der Waals surface area contributed by atoms with Gasteiger partial charge in [0, 0.05) is 25.1 Å². The first-order valence-electron chi connectivity index (χ1n) is 6.58. The summed E-state index contributed by atoms with van der Waals surface area (Å²) in [6, 6.07) is 9.28. The SMILES string of the molecule is O=C(CCCN1CCS(=O)(=O)CC1)c1ccccc1. The molecular formula is C14H19NO3S. The van der Waals surface area contributed by atoms with Crippen molar-refractivity contribution in [3.8, 4) is 0 Å². The van der Waals surface area contributed by atoms with Crippen molar-refractivity contribution in [2.75, 3.05) is 31.1 Å². The van der Waals surface area contributed by atoms with Gasteiger partial charge in [-0.1, -0.05) is 30.3 Å². The fraction of sp³-hybridized carbons (Fsp3) is 0.500. The maximum atomic E-state index is 11.9. The highest BCUT2D eigenvalue weighted by Gasteiger charge is 2.21. The third-order valence-electron chi connectivity index (χ3n) is 3.41. The number of benzene rings is 1. The molecule has 2 rings (SSSR count). The Morgan fingerprint density at radius 2 is 1.74 bits per heavy atom. The van der Waals surface area contributed by atoms with Crippen LogP contribution in [0.25, 0.3) is 0 Å². The van der Waals surface area contributed by atoms with Crippen LogP contribution in [0.3, 0.4) is 0 Å². The standard InChI is InChI=1S/C14H19NO3S/c16-14(13-5-2-1-3-6-13)7-4-8-15-9-11-19(17,18)12-10-15/h1-3,5-6H,4,7-12H2. The van der Waals surface area contributed by atoms with E-state index < -0.39 is 9.84 Å². The van der Waals surface area contributed by atoms with Gasteiger partial charge in [-0.15, -0.1) is 0 Å². The van der Waals surface area contributed by atoms with Crippen molar-refractivity contribution in [1.29, 1.82) is 0 Å². The Labute approximate surface area is 114 Å². The molecule has 0 amide bonds. The molecule has 104 valence electrons. The first-order chi connectivity index (χ1) is 9.07. The summed E-state index contributed by atoms with van der Waals surface area (Å²) in [7, 11) is -2.81. The minimum absolute atomic E-state index is 0.158. The van der Waals surface area contributed by atoms with Gasteiger partial charge in [-0.25, -0.2) is 8.42 Å². The predicted molar refractivity (Wildman–Crippen MR) is 75.1 cm³/mol. The molecule has 0 aromatic heterocycles. The molecule has 1 heterocycles. The molecule has 0 unspecified atom stereocenters. The van der Waals surface area contributed by atoms with Crippen molar-refractivity contribution in [2.45, 2.75) is 12.8 Å². The lowest BCUT2D eigenvalue weighted by molar-refractivity contribution is 0.0975. The van der Waals surface area contributed by atoms with Crippen molar-refractivity contribution in [3.05, 3.63) is 35.9 Å². The molecular weight excluding hydrogens is 262 g/mol. The number of Topliss-reactive ketones (excluding diaryl/α,β-unsaturated/α-hetero) is 1. The summed E-state index contributed by atoms with van der Waals surface area (Å²) in [4.78, 5) is 14.0. The number of ketones is 1. The van der Waals surface area contributed by atoms with E-state index in [-0.39, 0.29) is 17.3 Å². The molecule has 5 heteroatoms. The molecule has 0 atom stereocenters. The molecule has 0 saturated carbocycles. The zero-order valence-corrected chi connectivity index (χ0v) is 11.7. The van der Waals surface area contributed by atoms with Crippen LogP contribution in [0.5, 0.6) is 0 Å². The second kappa shape index (κ2) is 6.30. The van der Waals surface area contributed by atoms with Crippen LogP contribution >= 0.6 is 0 Å². The number of nitrogens with zero attached hydrogens (tertiary/aromatic N) is 1. The first-order valence-corrected chi connectivity index (χ1v) is 8.40. The highest BCUT2D eigenvalue weighted by Crippen LogP contribution is 2.08. The van der Waals surface area contributed by atoms with E-state index in [0.29, 0.717) is 19.5 Å². The smallest absolute Gasteiger partial charge is 0.162 e. The molecule has 1 aliphatic heterocycles. The number of sulfone groups is 1. The van der Waals surface area contributed by atoms with Gasteiger partial charge >= 0.3 is 0 Å². The normalized spacial score (nSPS) is 19.2. The van der Waals surface area contributed by atoms with E-state index in [1.807, 2.05) is 30.3 Å². The lowest BCUT2D eigenvalue weighted by Crippen LogP contribution is -2.40. The average Bonchev–Trinajstić information content (AvgIpc) is 2.41. The van der Waals surface area contributed by atoms with E-state index >= 15 is 0 Å². The highest BCUT2D eigenvalue weighted by molar-refractivity contribution is 7.91. The number of carbonyl (C=O) groups excluding carboxylic acids is 1. The summed E-state index contributed by atoms with van der Waals surface area (Å²) < 4.78 is 22.6. The maximum absolute atomic E-state index is 11.9. The van der Waals surface area contributed by atoms with E-state index in [9.17, 15) is 13.2 Å². The minimum atomic E-state index is -2.81. The van der Waals surface area contributed by atoms with Crippen molar-refractivity contribution in [3.63, 3.8) is 0 Å². The zero-order chi connectivity index (χ0) is 13.7. The number of hydrogen-bond donors (Lipinski definition) is 0. The molecule has 0 spiro atoms. The summed E-state index contributed by atoms with van der Waals surface area (Å²) in [6.07, 6.45) is 1.31. The third-order valence-corrected chi connectivity index (χ3v) is 5.02. The topological polar surface area (TPSA) is 54.5 Å². The van der Waals surface area contributed by atoms with Crippen LogP contribution in [0.2, 0.25) is 0 Å². The van der Waals surface area contributed by atoms with Crippen molar-refractivity contribution in [1.82, 2.24) is 4.90 Å². The van der Waals surface area contributed by atoms with Gasteiger partial charge in [0.1, 0.15) is 0 Å². The molecule has 1 aromatic carbocycles. The Morgan fingerprint density at radius 1 is 1.11 bits per heavy atom. The molecule has 0 N–H and O–H groups in total. The second-order valence-electron chi connectivity index (χ2n) is 4.89. The van der Waals surface area contributed by atoms with Crippen LogP contribution in [-0.4, -0.2) is 50.2 Å². The Balaban J connectivity index is 1.71. The Morgan fingerprint density at radius 3 is 2.37 bits per heavy atom. The van der Waals surface area contributed by atoms with Gasteiger partial charge < -0.3 is 4.90 Å². The lowest BCUT2D eigenvalue weighted by atomic mass is 10.1. The molecule has 0 aliphatic carbocycles. The number of carbonyl (C=O) groups is 1. The van der Waals surface area contributed by atoms with Gasteiger partial charge in [0.15, 0.2) is 15.6 Å². The molecule has 0 bridgehead atoms. The highest BCUT2D eigenvalue weighted by atomic mass is 32.2. The van der Waals surface area contributed by atoms with Gasteiger partial charge in [-0.3, -0.25) is 4.79 Å². The van der Waals surface area contributed by atoms with E-state index in [1.54, 1.807) is 0 Å². The van der Waals surface area contributed by atoms with Gasteiger partial charge in [0.2, 0.25) is 0 Å². The van der Waals surface area contributed by atoms with Gasteiger partial charge in [-0.05, 0) is 13.0 Å². The van der Waals surface area contributed by atoms with Crippen molar-refractivity contribution in [2.24, 2.45) is 0 Å². The molecule has 19 heavy (non-hydrogen) atoms. The van der Waals surface area contributed by atoms with Crippen LogP contribution < -0.4 is 0 Å². The lowest BCUT2D eigenvalue weighted by Gasteiger charge is -2.26. The number of rotatable bonds is 5. The Hall–Kier alpha value is -1.20. The van der Waals surface area contributed by atoms with E-state index in [4.69, 9.17) is 0 Å². The monoisotopic (exact) mass is 281 g/mol. The molecule has 1 aromatic rings. The first kappa shape index (κ1) is 14.2. The molecule has 1 saturated heterocycles. The quantitative estimate of drug-likeness (QED) is 0.765. The van der Waals surface area contributed by atoms with Crippen LogP contribution in [0.4, 0.5) is 0 Å². The van der Waals surface area contributed by atoms with Crippen LogP contribution in [-0.2, 0) is 9.84 Å². The minimum Gasteiger partial charge on any atom is -0.301 e. The van der Waals surface area contributed by atoms with Crippen molar-refractivity contribution < 1.29 is 13.2 Å². The zero-order valence-electron chi connectivity index (χ0n) is 10.9. The van der Waals surface area contributed by atoms with Gasteiger partial charge in [0.05, 0.1) is 11.5 Å². The average molecular weight is 281 g/mol. The summed E-state index contributed by atoms with van der Waals surface area (Å²) in [5, 5.41) is 0. The molecule has 1 aliphatic rings. The fourth-order valence-electron chi connectivity index (χ4n) is 2.21. The van der Waals surface area contributed by atoms with E-state index in [1.165, 1.54) is 0 Å². The Bertz CT molecular complexity index is 511. The van der Waals surface area contributed by atoms with Crippen LogP contribution in [0.15, 0.2) is 30.3 Å². The van der Waals surface area contributed by atoms with Gasteiger partial charge in [-0.2, -0.15) is 0 Å². The Kier molecular flexibility index (Phi) is 4.71. The summed E-state index contributed by atoms with van der Waals surface area (Å²) >= 11 is 0. The van der Waals surface area contributed by atoms with Crippen molar-refractivity contribution >= 4 is 15.6 Å². The van der Waals surface area contributed by atoms with Crippen LogP contribution in [0.1, 0.15) is 23.2 Å². The van der Waals surface area contributed by atoms with E-state index in [0.717, 1.165) is 18.5 Å². The number of hydrogen-bond acceptors (Lipinski definition) is 4. The van der Waals surface area contributed by atoms with Crippen LogP contribution in [0, 0.1) is 0 Å². The summed E-state index contributed by atoms with van der Waals surface area (Å²) in [5.41, 5.74) is 0.753. The van der Waals surface area contributed by atoms with E-state index in [2.05, 4.69) is 4.90 Å². The molecule has 0 radical (unpaired) electrons. The fourth-order valence-corrected chi connectivity index (χ4v) is 3.48. The molecule has 1 fully saturated rings. The maximum Gasteiger partial charge on any atom is 0.162 e. The summed E-state index contributed by atoms with van der Waals surface area (Å²) in [6.45, 7) is 2.00. The largest absolute Gasteiger partial charge is 0.301 e.